The molecule has 0 spiro atoms. The van der Waals surface area contributed by atoms with Gasteiger partial charge in [-0.15, -0.1) is 9.46 Å². The SMILES string of the molecule is NCc1nnc(N=S2(=O)CCCC2)o1. The molecule has 1 aromatic rings. The van der Waals surface area contributed by atoms with E-state index < -0.39 is 9.73 Å². The third-order valence-corrected chi connectivity index (χ3v) is 4.39. The van der Waals surface area contributed by atoms with Crippen molar-refractivity contribution in [3.8, 4) is 0 Å². The van der Waals surface area contributed by atoms with Crippen molar-refractivity contribution in [2.24, 2.45) is 10.1 Å². The molecule has 1 aromatic heterocycles. The van der Waals surface area contributed by atoms with Gasteiger partial charge in [0.15, 0.2) is 0 Å². The molecule has 2 N–H and O–H groups in total. The van der Waals surface area contributed by atoms with Crippen LogP contribution < -0.4 is 5.73 Å². The fourth-order valence-electron chi connectivity index (χ4n) is 1.35. The zero-order valence-electron chi connectivity index (χ0n) is 7.68. The molecule has 0 unspecified atom stereocenters. The minimum absolute atomic E-state index is 0.0948. The van der Waals surface area contributed by atoms with Gasteiger partial charge in [0.05, 0.1) is 16.3 Å². The highest BCUT2D eigenvalue weighted by Crippen LogP contribution is 2.19. The third kappa shape index (κ3) is 1.93. The van der Waals surface area contributed by atoms with Crippen LogP contribution in [0.2, 0.25) is 0 Å². The largest absolute Gasteiger partial charge is 0.405 e. The summed E-state index contributed by atoms with van der Waals surface area (Å²) in [4.78, 5) is 0. The van der Waals surface area contributed by atoms with E-state index in [1.165, 1.54) is 0 Å². The van der Waals surface area contributed by atoms with E-state index in [9.17, 15) is 4.21 Å². The Hall–Kier alpha value is -0.950. The molecule has 0 aliphatic carbocycles. The average molecular weight is 216 g/mol. The molecule has 6 nitrogen and oxygen atoms in total. The minimum atomic E-state index is -2.11. The second-order valence-electron chi connectivity index (χ2n) is 3.16. The maximum atomic E-state index is 11.9. The fraction of sp³-hybridized carbons (Fsp3) is 0.714. The molecule has 1 fully saturated rings. The topological polar surface area (TPSA) is 94.4 Å². The fourth-order valence-corrected chi connectivity index (χ4v) is 3.41. The highest BCUT2D eigenvalue weighted by Gasteiger charge is 2.17. The monoisotopic (exact) mass is 216 g/mol. The highest BCUT2D eigenvalue weighted by molar-refractivity contribution is 7.93. The molecule has 1 aliphatic heterocycles. The Balaban J connectivity index is 2.28. The number of nitrogens with zero attached hydrogens (tertiary/aromatic N) is 3. The second kappa shape index (κ2) is 3.66. The van der Waals surface area contributed by atoms with E-state index >= 15 is 0 Å². The summed E-state index contributed by atoms with van der Waals surface area (Å²) >= 11 is 0. The van der Waals surface area contributed by atoms with Crippen molar-refractivity contribution >= 4 is 15.7 Å². The molecule has 1 saturated heterocycles. The molecule has 0 bridgehead atoms. The Morgan fingerprint density at radius 1 is 1.43 bits per heavy atom. The summed E-state index contributed by atoms with van der Waals surface area (Å²) < 4.78 is 21.0. The summed E-state index contributed by atoms with van der Waals surface area (Å²) in [5, 5.41) is 7.30. The van der Waals surface area contributed by atoms with E-state index in [0.717, 1.165) is 12.8 Å². The van der Waals surface area contributed by atoms with Crippen molar-refractivity contribution in [3.05, 3.63) is 5.89 Å². The molecule has 0 saturated carbocycles. The Morgan fingerprint density at radius 3 is 2.71 bits per heavy atom. The van der Waals surface area contributed by atoms with Gasteiger partial charge in [0, 0.05) is 11.5 Å². The lowest BCUT2D eigenvalue weighted by atomic mass is 10.4. The van der Waals surface area contributed by atoms with Gasteiger partial charge in [-0.25, -0.2) is 4.21 Å². The maximum absolute atomic E-state index is 11.9. The van der Waals surface area contributed by atoms with Crippen LogP contribution in [-0.4, -0.2) is 25.9 Å². The van der Waals surface area contributed by atoms with Crippen LogP contribution in [0.4, 0.5) is 6.01 Å². The van der Waals surface area contributed by atoms with Crippen LogP contribution in [0.15, 0.2) is 8.78 Å². The van der Waals surface area contributed by atoms with Crippen molar-refractivity contribution in [2.45, 2.75) is 19.4 Å². The molecule has 14 heavy (non-hydrogen) atoms. The summed E-state index contributed by atoms with van der Waals surface area (Å²) in [7, 11) is -2.11. The zero-order chi connectivity index (χ0) is 10.0. The predicted molar refractivity (Wildman–Crippen MR) is 51.4 cm³/mol. The Morgan fingerprint density at radius 2 is 2.14 bits per heavy atom. The molecule has 0 radical (unpaired) electrons. The zero-order valence-corrected chi connectivity index (χ0v) is 8.50. The van der Waals surface area contributed by atoms with Crippen molar-refractivity contribution in [3.63, 3.8) is 0 Å². The molecule has 0 aromatic carbocycles. The average Bonchev–Trinajstić information content (AvgIpc) is 2.75. The van der Waals surface area contributed by atoms with Crippen molar-refractivity contribution in [2.75, 3.05) is 11.5 Å². The van der Waals surface area contributed by atoms with Gasteiger partial charge in [-0.3, -0.25) is 0 Å². The molecule has 78 valence electrons. The molecular formula is C7H12N4O2S. The first-order valence-corrected chi connectivity index (χ1v) is 6.32. The summed E-state index contributed by atoms with van der Waals surface area (Å²) in [6, 6.07) is 0.0948. The summed E-state index contributed by atoms with van der Waals surface area (Å²) in [6.45, 7) is 0.184. The number of nitrogens with two attached hydrogens (primary N) is 1. The van der Waals surface area contributed by atoms with Crippen LogP contribution >= 0.6 is 0 Å². The van der Waals surface area contributed by atoms with Crippen LogP contribution in [0.5, 0.6) is 0 Å². The first kappa shape index (κ1) is 9.60. The lowest BCUT2D eigenvalue weighted by Crippen LogP contribution is -1.99. The van der Waals surface area contributed by atoms with Crippen molar-refractivity contribution in [1.82, 2.24) is 10.2 Å². The molecule has 0 amide bonds. The van der Waals surface area contributed by atoms with Gasteiger partial charge >= 0.3 is 6.01 Å². The standard InChI is InChI=1S/C7H12N4O2S/c8-5-6-9-10-7(13-6)11-14(12)3-1-2-4-14/h1-5,8H2. The minimum Gasteiger partial charge on any atom is -0.405 e. The quantitative estimate of drug-likeness (QED) is 0.773. The number of hydrogen-bond acceptors (Lipinski definition) is 6. The van der Waals surface area contributed by atoms with E-state index in [4.69, 9.17) is 10.2 Å². The van der Waals surface area contributed by atoms with Gasteiger partial charge in [0.1, 0.15) is 0 Å². The molecule has 1 aliphatic rings. The normalized spacial score (nSPS) is 19.8. The first-order valence-electron chi connectivity index (χ1n) is 4.47. The summed E-state index contributed by atoms with van der Waals surface area (Å²) in [5.74, 6) is 1.59. The van der Waals surface area contributed by atoms with Gasteiger partial charge in [0.2, 0.25) is 5.89 Å². The molecule has 7 heteroatoms. The smallest absolute Gasteiger partial charge is 0.350 e. The van der Waals surface area contributed by atoms with Crippen LogP contribution in [-0.2, 0) is 16.3 Å². The van der Waals surface area contributed by atoms with Crippen LogP contribution in [0.1, 0.15) is 18.7 Å². The highest BCUT2D eigenvalue weighted by atomic mass is 32.2. The lowest BCUT2D eigenvalue weighted by Gasteiger charge is -1.94. The van der Waals surface area contributed by atoms with Crippen LogP contribution in [0.3, 0.4) is 0 Å². The Bertz CT molecular complexity index is 421. The van der Waals surface area contributed by atoms with E-state index in [1.807, 2.05) is 0 Å². The lowest BCUT2D eigenvalue weighted by molar-refractivity contribution is 0.506. The third-order valence-electron chi connectivity index (χ3n) is 2.05. The van der Waals surface area contributed by atoms with Gasteiger partial charge < -0.3 is 10.2 Å². The maximum Gasteiger partial charge on any atom is 0.350 e. The van der Waals surface area contributed by atoms with Crippen molar-refractivity contribution < 1.29 is 8.63 Å². The van der Waals surface area contributed by atoms with Gasteiger partial charge in [0.25, 0.3) is 0 Å². The van der Waals surface area contributed by atoms with Gasteiger partial charge in [-0.05, 0) is 12.8 Å². The van der Waals surface area contributed by atoms with Gasteiger partial charge in [-0.1, -0.05) is 5.10 Å². The first-order chi connectivity index (χ1) is 6.72. The molecule has 2 heterocycles. The van der Waals surface area contributed by atoms with E-state index in [1.54, 1.807) is 0 Å². The van der Waals surface area contributed by atoms with Crippen LogP contribution in [0, 0.1) is 0 Å². The number of hydrogen-bond donors (Lipinski definition) is 1. The van der Waals surface area contributed by atoms with Crippen LogP contribution in [0.25, 0.3) is 0 Å². The molecule has 0 atom stereocenters. The second-order valence-corrected chi connectivity index (χ2v) is 5.71. The van der Waals surface area contributed by atoms with E-state index in [2.05, 4.69) is 14.6 Å². The van der Waals surface area contributed by atoms with E-state index in [0.29, 0.717) is 17.4 Å². The number of aromatic nitrogens is 2. The Kier molecular flexibility index (Phi) is 2.51. The summed E-state index contributed by atoms with van der Waals surface area (Å²) in [5.41, 5.74) is 5.30. The number of rotatable bonds is 2. The predicted octanol–water partition coefficient (Wildman–Crippen LogP) is 0.422. The molecule has 2 rings (SSSR count). The molecular weight excluding hydrogens is 204 g/mol. The Labute approximate surface area is 82.1 Å². The van der Waals surface area contributed by atoms with Crippen molar-refractivity contribution in [1.29, 1.82) is 0 Å². The van der Waals surface area contributed by atoms with Gasteiger partial charge in [-0.2, -0.15) is 0 Å². The summed E-state index contributed by atoms with van der Waals surface area (Å²) in [6.07, 6.45) is 1.92. The van der Waals surface area contributed by atoms with E-state index in [-0.39, 0.29) is 12.6 Å².